The van der Waals surface area contributed by atoms with Crippen molar-refractivity contribution in [3.63, 3.8) is 0 Å². The Morgan fingerprint density at radius 3 is 2.86 bits per heavy atom. The van der Waals surface area contributed by atoms with Gasteiger partial charge >= 0.3 is 0 Å². The zero-order valence-electron chi connectivity index (χ0n) is 12.4. The second-order valence-electron chi connectivity index (χ2n) is 5.86. The monoisotopic (exact) mass is 292 g/mol. The van der Waals surface area contributed by atoms with Crippen LogP contribution in [0.4, 0.5) is 5.69 Å². The largest absolute Gasteiger partial charge is 0.375 e. The van der Waals surface area contributed by atoms with Crippen molar-refractivity contribution < 1.29 is 14.3 Å². The Morgan fingerprint density at radius 1 is 1.43 bits per heavy atom. The van der Waals surface area contributed by atoms with E-state index in [-0.39, 0.29) is 18.4 Å². The Kier molecular flexibility index (Phi) is 3.44. The summed E-state index contributed by atoms with van der Waals surface area (Å²) in [6, 6.07) is 0. The van der Waals surface area contributed by atoms with Crippen LogP contribution in [0.15, 0.2) is 12.4 Å². The Morgan fingerprint density at radius 2 is 2.19 bits per heavy atom. The van der Waals surface area contributed by atoms with E-state index in [1.807, 2.05) is 13.2 Å². The van der Waals surface area contributed by atoms with E-state index in [4.69, 9.17) is 4.74 Å². The molecular weight excluding hydrogens is 272 g/mol. The van der Waals surface area contributed by atoms with Crippen molar-refractivity contribution in [2.45, 2.75) is 12.8 Å². The third kappa shape index (κ3) is 2.31. The van der Waals surface area contributed by atoms with Gasteiger partial charge in [0.25, 0.3) is 0 Å². The SMILES string of the molecule is COCC(=O)N1CCC2(CCN(c3cnn(C)c3)C2=O)C1. The maximum absolute atomic E-state index is 12.8. The number of carbonyl (C=O) groups excluding carboxylic acids is 2. The van der Waals surface area contributed by atoms with Gasteiger partial charge in [0.1, 0.15) is 6.61 Å². The molecule has 1 spiro atoms. The van der Waals surface area contributed by atoms with Crippen molar-refractivity contribution in [1.82, 2.24) is 14.7 Å². The first-order chi connectivity index (χ1) is 10.1. The number of rotatable bonds is 3. The maximum atomic E-state index is 12.8. The molecular formula is C14H20N4O3. The molecule has 2 fully saturated rings. The molecule has 2 aliphatic rings. The lowest BCUT2D eigenvalue weighted by atomic mass is 9.85. The minimum atomic E-state index is -0.417. The highest BCUT2D eigenvalue weighted by Crippen LogP contribution is 2.42. The van der Waals surface area contributed by atoms with Gasteiger partial charge in [0.15, 0.2) is 0 Å². The summed E-state index contributed by atoms with van der Waals surface area (Å²) in [5, 5.41) is 4.12. The smallest absolute Gasteiger partial charge is 0.248 e. The van der Waals surface area contributed by atoms with E-state index in [1.54, 1.807) is 20.7 Å². The van der Waals surface area contributed by atoms with Gasteiger partial charge in [0, 0.05) is 40.0 Å². The van der Waals surface area contributed by atoms with Crippen LogP contribution in [0, 0.1) is 5.41 Å². The van der Waals surface area contributed by atoms with Crippen molar-refractivity contribution in [3.05, 3.63) is 12.4 Å². The van der Waals surface area contributed by atoms with Crippen molar-refractivity contribution >= 4 is 17.5 Å². The number of likely N-dealkylation sites (tertiary alicyclic amines) is 1. The zero-order valence-corrected chi connectivity index (χ0v) is 12.4. The van der Waals surface area contributed by atoms with Gasteiger partial charge in [-0.25, -0.2) is 0 Å². The summed E-state index contributed by atoms with van der Waals surface area (Å²) in [6.07, 6.45) is 5.08. The highest BCUT2D eigenvalue weighted by Gasteiger charge is 2.52. The van der Waals surface area contributed by atoms with Gasteiger partial charge in [-0.2, -0.15) is 5.10 Å². The van der Waals surface area contributed by atoms with Gasteiger partial charge < -0.3 is 14.5 Å². The van der Waals surface area contributed by atoms with Gasteiger partial charge in [-0.1, -0.05) is 0 Å². The molecule has 0 radical (unpaired) electrons. The number of hydrogen-bond acceptors (Lipinski definition) is 4. The van der Waals surface area contributed by atoms with Gasteiger partial charge in [-0.3, -0.25) is 14.3 Å². The van der Waals surface area contributed by atoms with E-state index >= 15 is 0 Å². The Bertz CT molecular complexity index is 570. The second kappa shape index (κ2) is 5.14. The van der Waals surface area contributed by atoms with Gasteiger partial charge in [-0.05, 0) is 12.8 Å². The number of amides is 2. The molecule has 3 heterocycles. The average molecular weight is 292 g/mol. The predicted molar refractivity (Wildman–Crippen MR) is 75.7 cm³/mol. The summed E-state index contributed by atoms with van der Waals surface area (Å²) in [6.45, 7) is 1.91. The molecule has 21 heavy (non-hydrogen) atoms. The minimum Gasteiger partial charge on any atom is -0.375 e. The number of aromatic nitrogens is 2. The molecule has 0 aromatic carbocycles. The molecule has 2 aliphatic heterocycles. The molecule has 0 saturated carbocycles. The van der Waals surface area contributed by atoms with E-state index in [2.05, 4.69) is 5.10 Å². The van der Waals surface area contributed by atoms with Crippen LogP contribution < -0.4 is 4.90 Å². The summed E-state index contributed by atoms with van der Waals surface area (Å²) in [5.41, 5.74) is 0.417. The number of aryl methyl sites for hydroxylation is 1. The number of carbonyl (C=O) groups is 2. The fraction of sp³-hybridized carbons (Fsp3) is 0.643. The number of anilines is 1. The molecule has 2 amide bonds. The van der Waals surface area contributed by atoms with Crippen molar-refractivity contribution in [2.75, 3.05) is 38.3 Å². The maximum Gasteiger partial charge on any atom is 0.248 e. The lowest BCUT2D eigenvalue weighted by molar-refractivity contribution is -0.135. The van der Waals surface area contributed by atoms with Crippen LogP contribution >= 0.6 is 0 Å². The van der Waals surface area contributed by atoms with Gasteiger partial charge in [0.2, 0.25) is 11.8 Å². The fourth-order valence-corrected chi connectivity index (χ4v) is 3.29. The second-order valence-corrected chi connectivity index (χ2v) is 5.86. The lowest BCUT2D eigenvalue weighted by Crippen LogP contribution is -2.39. The number of nitrogens with zero attached hydrogens (tertiary/aromatic N) is 4. The van der Waals surface area contributed by atoms with E-state index < -0.39 is 5.41 Å². The molecule has 2 saturated heterocycles. The first-order valence-corrected chi connectivity index (χ1v) is 7.13. The van der Waals surface area contributed by atoms with Gasteiger partial charge in [0.05, 0.1) is 17.3 Å². The molecule has 1 aromatic rings. The average Bonchev–Trinajstić information content (AvgIpc) is 3.14. The molecule has 0 N–H and O–H groups in total. The van der Waals surface area contributed by atoms with E-state index in [0.29, 0.717) is 19.6 Å². The molecule has 7 nitrogen and oxygen atoms in total. The molecule has 114 valence electrons. The van der Waals surface area contributed by atoms with Crippen molar-refractivity contribution in [3.8, 4) is 0 Å². The lowest BCUT2D eigenvalue weighted by Gasteiger charge is -2.23. The fourth-order valence-electron chi connectivity index (χ4n) is 3.29. The predicted octanol–water partition coefficient (Wildman–Crippen LogP) is 0.0219. The summed E-state index contributed by atoms with van der Waals surface area (Å²) in [4.78, 5) is 28.2. The molecule has 0 bridgehead atoms. The van der Waals surface area contributed by atoms with Crippen LogP contribution in [0.1, 0.15) is 12.8 Å². The quantitative estimate of drug-likeness (QED) is 0.788. The Hall–Kier alpha value is -1.89. The van der Waals surface area contributed by atoms with E-state index in [1.165, 1.54) is 7.11 Å². The van der Waals surface area contributed by atoms with Crippen LogP contribution in [0.5, 0.6) is 0 Å². The van der Waals surface area contributed by atoms with Crippen LogP contribution in [0.3, 0.4) is 0 Å². The molecule has 1 unspecified atom stereocenters. The third-order valence-electron chi connectivity index (χ3n) is 4.49. The highest BCUT2D eigenvalue weighted by molar-refractivity contribution is 6.00. The first-order valence-electron chi connectivity index (χ1n) is 7.13. The Labute approximate surface area is 123 Å². The number of ether oxygens (including phenoxy) is 1. The van der Waals surface area contributed by atoms with Crippen LogP contribution in [0.25, 0.3) is 0 Å². The molecule has 1 atom stereocenters. The van der Waals surface area contributed by atoms with E-state index in [0.717, 1.165) is 18.5 Å². The number of hydrogen-bond donors (Lipinski definition) is 0. The third-order valence-corrected chi connectivity index (χ3v) is 4.49. The van der Waals surface area contributed by atoms with Crippen LogP contribution in [-0.2, 0) is 21.4 Å². The van der Waals surface area contributed by atoms with Crippen molar-refractivity contribution in [1.29, 1.82) is 0 Å². The van der Waals surface area contributed by atoms with Crippen LogP contribution in [-0.4, -0.2) is 59.8 Å². The van der Waals surface area contributed by atoms with E-state index in [9.17, 15) is 9.59 Å². The van der Waals surface area contributed by atoms with Crippen molar-refractivity contribution in [2.24, 2.45) is 12.5 Å². The Balaban J connectivity index is 1.73. The molecule has 0 aliphatic carbocycles. The normalized spacial score (nSPS) is 25.3. The summed E-state index contributed by atoms with van der Waals surface area (Å²) >= 11 is 0. The highest BCUT2D eigenvalue weighted by atomic mass is 16.5. The first kappa shape index (κ1) is 14.1. The molecule has 7 heteroatoms. The summed E-state index contributed by atoms with van der Waals surface area (Å²) < 4.78 is 6.58. The zero-order chi connectivity index (χ0) is 15.0. The topological polar surface area (TPSA) is 67.7 Å². The number of methoxy groups -OCH3 is 1. The summed E-state index contributed by atoms with van der Waals surface area (Å²) in [5.74, 6) is 0.0743. The minimum absolute atomic E-state index is 0.0398. The van der Waals surface area contributed by atoms with Gasteiger partial charge in [-0.15, -0.1) is 0 Å². The standard InChI is InChI=1S/C14H20N4O3/c1-16-8-11(7-15-16)18-6-4-14(13(18)20)3-5-17(10-14)12(19)9-21-2/h7-8H,3-6,9-10H2,1-2H3. The molecule has 1 aromatic heterocycles. The summed E-state index contributed by atoms with van der Waals surface area (Å²) in [7, 11) is 3.34. The molecule has 3 rings (SSSR count). The van der Waals surface area contributed by atoms with Crippen LogP contribution in [0.2, 0.25) is 0 Å².